The smallest absolute Gasteiger partial charge is 0.253 e. The summed E-state index contributed by atoms with van der Waals surface area (Å²) in [6.07, 6.45) is 4.38. The summed E-state index contributed by atoms with van der Waals surface area (Å²) in [6.45, 7) is 1.48. The van der Waals surface area contributed by atoms with Gasteiger partial charge in [0, 0.05) is 50.8 Å². The molecule has 3 rings (SSSR count). The summed E-state index contributed by atoms with van der Waals surface area (Å²) < 4.78 is 0. The minimum absolute atomic E-state index is 0.0408. The highest BCUT2D eigenvalue weighted by Gasteiger charge is 2.13. The Balaban J connectivity index is 1.64. The molecule has 3 aromatic rings. The van der Waals surface area contributed by atoms with Crippen LogP contribution in [0, 0.1) is 0 Å². The molecule has 0 aliphatic rings. The molecular formula is C23H25N3O. The largest absolute Gasteiger partial charge is 0.370 e. The Hall–Kier alpha value is -3.14. The van der Waals surface area contributed by atoms with E-state index in [-0.39, 0.29) is 5.91 Å². The van der Waals surface area contributed by atoms with Gasteiger partial charge < -0.3 is 9.80 Å². The van der Waals surface area contributed by atoms with Crippen molar-refractivity contribution >= 4 is 11.6 Å². The van der Waals surface area contributed by atoms with Crippen LogP contribution in [-0.4, -0.2) is 36.4 Å². The molecule has 1 heterocycles. The van der Waals surface area contributed by atoms with Crippen LogP contribution in [0.2, 0.25) is 0 Å². The Morgan fingerprint density at radius 1 is 0.889 bits per heavy atom. The molecule has 0 unspecified atom stereocenters. The fourth-order valence-electron chi connectivity index (χ4n) is 2.99. The van der Waals surface area contributed by atoms with E-state index in [2.05, 4.69) is 22.0 Å². The standard InChI is InChI=1S/C23H25N3O/c1-25(16-13-19-11-14-24-15-12-19)23(27)21-9-6-10-22(17-21)26(2)18-20-7-4-3-5-8-20/h3-12,14-15,17H,13,16,18H2,1-2H3. The lowest BCUT2D eigenvalue weighted by Crippen LogP contribution is -2.29. The highest BCUT2D eigenvalue weighted by molar-refractivity contribution is 5.95. The van der Waals surface area contributed by atoms with Crippen LogP contribution in [0.5, 0.6) is 0 Å². The van der Waals surface area contributed by atoms with E-state index in [1.54, 1.807) is 17.3 Å². The van der Waals surface area contributed by atoms with Crippen molar-refractivity contribution in [2.45, 2.75) is 13.0 Å². The molecular weight excluding hydrogens is 334 g/mol. The minimum atomic E-state index is 0.0408. The van der Waals surface area contributed by atoms with E-state index in [1.807, 2.05) is 68.7 Å². The predicted octanol–water partition coefficient (Wildman–Crippen LogP) is 4.03. The first kappa shape index (κ1) is 18.6. The number of amides is 1. The van der Waals surface area contributed by atoms with E-state index in [0.29, 0.717) is 12.1 Å². The first-order valence-electron chi connectivity index (χ1n) is 9.13. The molecule has 138 valence electrons. The van der Waals surface area contributed by atoms with Crippen LogP contribution in [0.3, 0.4) is 0 Å². The monoisotopic (exact) mass is 359 g/mol. The lowest BCUT2D eigenvalue weighted by molar-refractivity contribution is 0.0796. The van der Waals surface area contributed by atoms with Gasteiger partial charge in [0.15, 0.2) is 0 Å². The molecule has 0 aliphatic carbocycles. The van der Waals surface area contributed by atoms with Crippen molar-refractivity contribution in [3.8, 4) is 0 Å². The van der Waals surface area contributed by atoms with Crippen LogP contribution in [0.15, 0.2) is 79.1 Å². The molecule has 0 fully saturated rings. The molecule has 0 spiro atoms. The molecule has 1 amide bonds. The van der Waals surface area contributed by atoms with Gasteiger partial charge in [0.2, 0.25) is 0 Å². The molecule has 1 aromatic heterocycles. The third-order valence-electron chi connectivity index (χ3n) is 4.63. The van der Waals surface area contributed by atoms with E-state index < -0.39 is 0 Å². The van der Waals surface area contributed by atoms with Crippen LogP contribution in [0.4, 0.5) is 5.69 Å². The Kier molecular flexibility index (Phi) is 6.21. The van der Waals surface area contributed by atoms with Crippen molar-refractivity contribution < 1.29 is 4.79 Å². The summed E-state index contributed by atoms with van der Waals surface area (Å²) in [6, 6.07) is 22.1. The highest BCUT2D eigenvalue weighted by atomic mass is 16.2. The Bertz CT molecular complexity index is 865. The number of anilines is 1. The van der Waals surface area contributed by atoms with Crippen molar-refractivity contribution in [2.75, 3.05) is 25.5 Å². The van der Waals surface area contributed by atoms with Crippen molar-refractivity contribution in [3.05, 3.63) is 95.8 Å². The average Bonchev–Trinajstić information content (AvgIpc) is 2.73. The van der Waals surface area contributed by atoms with Gasteiger partial charge in [-0.25, -0.2) is 0 Å². The third kappa shape index (κ3) is 5.17. The molecule has 2 aromatic carbocycles. The van der Waals surface area contributed by atoms with Crippen LogP contribution in [0.1, 0.15) is 21.5 Å². The van der Waals surface area contributed by atoms with Gasteiger partial charge in [0.1, 0.15) is 0 Å². The Labute approximate surface area is 161 Å². The maximum absolute atomic E-state index is 12.8. The second-order valence-corrected chi connectivity index (χ2v) is 6.72. The summed E-state index contributed by atoms with van der Waals surface area (Å²) >= 11 is 0. The maximum Gasteiger partial charge on any atom is 0.253 e. The van der Waals surface area contributed by atoms with Gasteiger partial charge in [-0.2, -0.15) is 0 Å². The summed E-state index contributed by atoms with van der Waals surface area (Å²) in [4.78, 5) is 20.8. The molecule has 0 atom stereocenters. The van der Waals surface area contributed by atoms with Gasteiger partial charge in [-0.3, -0.25) is 9.78 Å². The van der Waals surface area contributed by atoms with Crippen LogP contribution < -0.4 is 4.90 Å². The van der Waals surface area contributed by atoms with Crippen LogP contribution in [0.25, 0.3) is 0 Å². The van der Waals surface area contributed by atoms with Gasteiger partial charge in [0.25, 0.3) is 5.91 Å². The fraction of sp³-hybridized carbons (Fsp3) is 0.217. The zero-order chi connectivity index (χ0) is 19.1. The maximum atomic E-state index is 12.8. The molecule has 4 heteroatoms. The summed E-state index contributed by atoms with van der Waals surface area (Å²) in [5.74, 6) is 0.0408. The number of nitrogens with zero attached hydrogens (tertiary/aromatic N) is 3. The zero-order valence-corrected chi connectivity index (χ0v) is 15.9. The number of hydrogen-bond donors (Lipinski definition) is 0. The van der Waals surface area contributed by atoms with Gasteiger partial charge in [-0.1, -0.05) is 36.4 Å². The minimum Gasteiger partial charge on any atom is -0.370 e. The van der Waals surface area contributed by atoms with E-state index in [4.69, 9.17) is 0 Å². The summed E-state index contributed by atoms with van der Waals surface area (Å²) in [5, 5.41) is 0. The second kappa shape index (κ2) is 8.99. The van der Waals surface area contributed by atoms with Crippen molar-refractivity contribution in [2.24, 2.45) is 0 Å². The second-order valence-electron chi connectivity index (χ2n) is 6.72. The van der Waals surface area contributed by atoms with E-state index in [1.165, 1.54) is 11.1 Å². The first-order chi connectivity index (χ1) is 13.1. The number of benzene rings is 2. The number of likely N-dealkylation sites (N-methyl/N-ethyl adjacent to an activating group) is 1. The first-order valence-corrected chi connectivity index (χ1v) is 9.13. The lowest BCUT2D eigenvalue weighted by Gasteiger charge is -2.22. The van der Waals surface area contributed by atoms with Crippen LogP contribution in [-0.2, 0) is 13.0 Å². The summed E-state index contributed by atoms with van der Waals surface area (Å²) in [7, 11) is 3.90. The number of pyridine rings is 1. The van der Waals surface area contributed by atoms with E-state index >= 15 is 0 Å². The Morgan fingerprint density at radius 3 is 2.37 bits per heavy atom. The molecule has 0 aliphatic heterocycles. The number of carbonyl (C=O) groups is 1. The van der Waals surface area contributed by atoms with E-state index in [9.17, 15) is 4.79 Å². The molecule has 0 N–H and O–H groups in total. The third-order valence-corrected chi connectivity index (χ3v) is 4.63. The van der Waals surface area contributed by atoms with Gasteiger partial charge >= 0.3 is 0 Å². The molecule has 0 bridgehead atoms. The summed E-state index contributed by atoms with van der Waals surface area (Å²) in [5.41, 5.74) is 4.17. The van der Waals surface area contributed by atoms with Gasteiger partial charge in [-0.15, -0.1) is 0 Å². The number of aromatic nitrogens is 1. The molecule has 0 radical (unpaired) electrons. The highest BCUT2D eigenvalue weighted by Crippen LogP contribution is 2.18. The fourth-order valence-corrected chi connectivity index (χ4v) is 2.99. The quantitative estimate of drug-likeness (QED) is 0.639. The number of hydrogen-bond acceptors (Lipinski definition) is 3. The molecule has 0 saturated heterocycles. The SMILES string of the molecule is CN(CCc1ccncc1)C(=O)c1cccc(N(C)Cc2ccccc2)c1. The van der Waals surface area contributed by atoms with Crippen molar-refractivity contribution in [1.29, 1.82) is 0 Å². The predicted molar refractivity (Wildman–Crippen MR) is 110 cm³/mol. The molecule has 27 heavy (non-hydrogen) atoms. The molecule has 4 nitrogen and oxygen atoms in total. The van der Waals surface area contributed by atoms with Crippen LogP contribution >= 0.6 is 0 Å². The van der Waals surface area contributed by atoms with Crippen molar-refractivity contribution in [1.82, 2.24) is 9.88 Å². The zero-order valence-electron chi connectivity index (χ0n) is 15.9. The average molecular weight is 359 g/mol. The topological polar surface area (TPSA) is 36.4 Å². The number of rotatable bonds is 7. The molecule has 0 saturated carbocycles. The normalized spacial score (nSPS) is 10.4. The van der Waals surface area contributed by atoms with E-state index in [0.717, 1.165) is 18.7 Å². The number of carbonyl (C=O) groups excluding carboxylic acids is 1. The van der Waals surface area contributed by atoms with Gasteiger partial charge in [-0.05, 0) is 47.9 Å². The van der Waals surface area contributed by atoms with Crippen molar-refractivity contribution in [3.63, 3.8) is 0 Å². The lowest BCUT2D eigenvalue weighted by atomic mass is 10.1. The Morgan fingerprint density at radius 2 is 1.63 bits per heavy atom. The van der Waals surface area contributed by atoms with Gasteiger partial charge in [0.05, 0.1) is 0 Å².